The first-order valence-electron chi connectivity index (χ1n) is 6.34. The van der Waals surface area contributed by atoms with Crippen molar-refractivity contribution in [2.75, 3.05) is 5.32 Å². The number of benzene rings is 1. The molecule has 3 rings (SSSR count). The number of likely N-dealkylation sites (tertiary alicyclic amines) is 1. The SMILES string of the molecule is Cc1ccc(N[C@@H]2CC(=O)N(C3CC3)C2=O)cc1. The minimum absolute atomic E-state index is 0.0351. The molecule has 1 saturated carbocycles. The number of aryl methyl sites for hydroxylation is 1. The van der Waals surface area contributed by atoms with Crippen LogP contribution < -0.4 is 5.32 Å². The van der Waals surface area contributed by atoms with Crippen LogP contribution in [-0.2, 0) is 9.59 Å². The van der Waals surface area contributed by atoms with Gasteiger partial charge in [-0.05, 0) is 31.9 Å². The van der Waals surface area contributed by atoms with E-state index in [1.165, 1.54) is 10.5 Å². The first kappa shape index (κ1) is 11.3. The topological polar surface area (TPSA) is 49.4 Å². The highest BCUT2D eigenvalue weighted by Crippen LogP contribution is 2.32. The number of nitrogens with one attached hydrogen (secondary N) is 1. The minimum atomic E-state index is -0.388. The van der Waals surface area contributed by atoms with E-state index in [1.807, 2.05) is 31.2 Å². The molecule has 1 atom stereocenters. The van der Waals surface area contributed by atoms with Crippen LogP contribution in [0.25, 0.3) is 0 Å². The lowest BCUT2D eigenvalue weighted by Crippen LogP contribution is -2.36. The second kappa shape index (κ2) is 4.12. The molecule has 0 spiro atoms. The summed E-state index contributed by atoms with van der Waals surface area (Å²) in [5.41, 5.74) is 2.07. The van der Waals surface area contributed by atoms with Gasteiger partial charge in [0.25, 0.3) is 5.91 Å². The zero-order chi connectivity index (χ0) is 12.7. The van der Waals surface area contributed by atoms with Crippen LogP contribution in [-0.4, -0.2) is 28.8 Å². The summed E-state index contributed by atoms with van der Waals surface area (Å²) in [6, 6.07) is 7.64. The second-order valence-electron chi connectivity index (χ2n) is 5.10. The van der Waals surface area contributed by atoms with Gasteiger partial charge in [0.2, 0.25) is 5.91 Å². The average Bonchev–Trinajstić information content (AvgIpc) is 3.12. The third-order valence-corrected chi connectivity index (χ3v) is 3.49. The highest BCUT2D eigenvalue weighted by Gasteiger charge is 2.45. The van der Waals surface area contributed by atoms with Gasteiger partial charge in [-0.25, -0.2) is 0 Å². The first-order chi connectivity index (χ1) is 8.65. The molecule has 2 aliphatic rings. The Hall–Kier alpha value is -1.84. The fourth-order valence-electron chi connectivity index (χ4n) is 2.33. The largest absolute Gasteiger partial charge is 0.373 e. The molecule has 4 heteroatoms. The van der Waals surface area contributed by atoms with Crippen LogP contribution in [0, 0.1) is 6.92 Å². The fraction of sp³-hybridized carbons (Fsp3) is 0.429. The quantitative estimate of drug-likeness (QED) is 0.823. The number of nitrogens with zero attached hydrogens (tertiary/aromatic N) is 1. The monoisotopic (exact) mass is 244 g/mol. The van der Waals surface area contributed by atoms with Crippen LogP contribution in [0.1, 0.15) is 24.8 Å². The number of hydrogen-bond acceptors (Lipinski definition) is 3. The maximum absolute atomic E-state index is 12.1. The average molecular weight is 244 g/mol. The van der Waals surface area contributed by atoms with Crippen LogP contribution in [0.3, 0.4) is 0 Å². The van der Waals surface area contributed by atoms with Gasteiger partial charge in [-0.1, -0.05) is 17.7 Å². The van der Waals surface area contributed by atoms with Gasteiger partial charge in [0.15, 0.2) is 0 Å². The fourth-order valence-corrected chi connectivity index (χ4v) is 2.33. The van der Waals surface area contributed by atoms with E-state index in [-0.39, 0.29) is 30.3 Å². The van der Waals surface area contributed by atoms with E-state index in [1.54, 1.807) is 0 Å². The Balaban J connectivity index is 1.72. The van der Waals surface area contributed by atoms with Crippen molar-refractivity contribution in [2.45, 2.75) is 38.3 Å². The molecule has 1 heterocycles. The number of rotatable bonds is 3. The number of hydrogen-bond donors (Lipinski definition) is 1. The number of amides is 2. The summed E-state index contributed by atoms with van der Waals surface area (Å²) in [6.45, 7) is 2.02. The summed E-state index contributed by atoms with van der Waals surface area (Å²) in [5, 5.41) is 3.15. The highest BCUT2D eigenvalue weighted by atomic mass is 16.2. The van der Waals surface area contributed by atoms with Crippen molar-refractivity contribution in [3.8, 4) is 0 Å². The smallest absolute Gasteiger partial charge is 0.252 e. The molecular formula is C14H16N2O2. The molecule has 1 saturated heterocycles. The van der Waals surface area contributed by atoms with Gasteiger partial charge in [-0.15, -0.1) is 0 Å². The molecule has 1 aliphatic carbocycles. The molecule has 2 fully saturated rings. The van der Waals surface area contributed by atoms with Crippen LogP contribution >= 0.6 is 0 Å². The molecule has 18 heavy (non-hydrogen) atoms. The van der Waals surface area contributed by atoms with Crippen molar-refractivity contribution in [1.82, 2.24) is 4.90 Å². The van der Waals surface area contributed by atoms with Crippen LogP contribution in [0.5, 0.6) is 0 Å². The molecule has 0 radical (unpaired) electrons. The molecule has 1 N–H and O–H groups in total. The van der Waals surface area contributed by atoms with Gasteiger partial charge in [-0.3, -0.25) is 14.5 Å². The third-order valence-electron chi connectivity index (χ3n) is 3.49. The van der Waals surface area contributed by atoms with Gasteiger partial charge >= 0.3 is 0 Å². The van der Waals surface area contributed by atoms with Crippen molar-refractivity contribution < 1.29 is 9.59 Å². The zero-order valence-corrected chi connectivity index (χ0v) is 10.3. The molecular weight excluding hydrogens is 228 g/mol. The summed E-state index contributed by atoms with van der Waals surface area (Å²) in [4.78, 5) is 25.3. The van der Waals surface area contributed by atoms with Gasteiger partial charge in [-0.2, -0.15) is 0 Å². The lowest BCUT2D eigenvalue weighted by atomic mass is 10.2. The Morgan fingerprint density at radius 3 is 2.44 bits per heavy atom. The van der Waals surface area contributed by atoms with Gasteiger partial charge in [0, 0.05) is 11.7 Å². The van der Waals surface area contributed by atoms with Crippen molar-refractivity contribution >= 4 is 17.5 Å². The van der Waals surface area contributed by atoms with Gasteiger partial charge in [0.1, 0.15) is 6.04 Å². The number of imide groups is 1. The summed E-state index contributed by atoms with van der Waals surface area (Å²) in [6.07, 6.45) is 2.21. The molecule has 0 bridgehead atoms. The zero-order valence-electron chi connectivity index (χ0n) is 10.3. The van der Waals surface area contributed by atoms with E-state index in [2.05, 4.69) is 5.32 Å². The summed E-state index contributed by atoms with van der Waals surface area (Å²) >= 11 is 0. The maximum Gasteiger partial charge on any atom is 0.252 e. The lowest BCUT2D eigenvalue weighted by molar-refractivity contribution is -0.139. The lowest BCUT2D eigenvalue weighted by Gasteiger charge is -2.15. The predicted octanol–water partition coefficient (Wildman–Crippen LogP) is 1.70. The van der Waals surface area contributed by atoms with E-state index in [9.17, 15) is 9.59 Å². The van der Waals surface area contributed by atoms with Crippen molar-refractivity contribution in [1.29, 1.82) is 0 Å². The Morgan fingerprint density at radius 1 is 1.17 bits per heavy atom. The van der Waals surface area contributed by atoms with E-state index in [0.29, 0.717) is 0 Å². The third kappa shape index (κ3) is 1.98. The molecule has 94 valence electrons. The molecule has 1 aromatic carbocycles. The highest BCUT2D eigenvalue weighted by molar-refractivity contribution is 6.07. The summed E-state index contributed by atoms with van der Waals surface area (Å²) < 4.78 is 0. The van der Waals surface area contributed by atoms with E-state index in [0.717, 1.165) is 18.5 Å². The predicted molar refractivity (Wildman–Crippen MR) is 68.1 cm³/mol. The molecule has 1 aliphatic heterocycles. The van der Waals surface area contributed by atoms with Crippen molar-refractivity contribution in [2.24, 2.45) is 0 Å². The van der Waals surface area contributed by atoms with E-state index < -0.39 is 0 Å². The Labute approximate surface area is 106 Å². The van der Waals surface area contributed by atoms with Crippen LogP contribution in [0.2, 0.25) is 0 Å². The van der Waals surface area contributed by atoms with E-state index >= 15 is 0 Å². The number of carbonyl (C=O) groups excluding carboxylic acids is 2. The first-order valence-corrected chi connectivity index (χ1v) is 6.34. The molecule has 2 amide bonds. The summed E-state index contributed by atoms with van der Waals surface area (Å²) in [7, 11) is 0. The van der Waals surface area contributed by atoms with Gasteiger partial charge < -0.3 is 5.32 Å². The van der Waals surface area contributed by atoms with Crippen LogP contribution in [0.4, 0.5) is 5.69 Å². The molecule has 0 unspecified atom stereocenters. The number of carbonyl (C=O) groups is 2. The Bertz CT molecular complexity index is 491. The molecule has 0 aromatic heterocycles. The van der Waals surface area contributed by atoms with Crippen LogP contribution in [0.15, 0.2) is 24.3 Å². The van der Waals surface area contributed by atoms with Crippen molar-refractivity contribution in [3.63, 3.8) is 0 Å². The second-order valence-corrected chi connectivity index (χ2v) is 5.10. The molecule has 1 aromatic rings. The Kier molecular flexibility index (Phi) is 2.58. The maximum atomic E-state index is 12.1. The standard InChI is InChI=1S/C14H16N2O2/c1-9-2-4-10(5-3-9)15-12-8-13(17)16(14(12)18)11-6-7-11/h2-5,11-12,15H,6-8H2,1H3/t12-/m1/s1. The Morgan fingerprint density at radius 2 is 1.83 bits per heavy atom. The number of anilines is 1. The summed E-state index contributed by atoms with van der Waals surface area (Å²) in [5.74, 6) is -0.102. The normalized spacial score (nSPS) is 23.6. The minimum Gasteiger partial charge on any atom is -0.373 e. The van der Waals surface area contributed by atoms with E-state index in [4.69, 9.17) is 0 Å². The van der Waals surface area contributed by atoms with Crippen molar-refractivity contribution in [3.05, 3.63) is 29.8 Å². The van der Waals surface area contributed by atoms with Gasteiger partial charge in [0.05, 0.1) is 6.42 Å². The molecule has 4 nitrogen and oxygen atoms in total.